The first-order valence-electron chi connectivity index (χ1n) is 4.16. The maximum atomic E-state index is 7.69. The third kappa shape index (κ3) is 1.82. The van der Waals surface area contributed by atoms with Crippen LogP contribution in [0, 0.1) is 11.3 Å². The van der Waals surface area contributed by atoms with E-state index in [0.717, 1.165) is 18.5 Å². The van der Waals surface area contributed by atoms with E-state index >= 15 is 0 Å². The molecule has 0 aliphatic heterocycles. The van der Waals surface area contributed by atoms with Gasteiger partial charge in [-0.05, 0) is 19.7 Å². The Morgan fingerprint density at radius 3 is 3.09 bits per heavy atom. The van der Waals surface area contributed by atoms with Crippen molar-refractivity contribution in [2.45, 2.75) is 19.7 Å². The molecular formula is C9H14BN. The molecule has 0 fully saturated rings. The zero-order chi connectivity index (χ0) is 8.27. The minimum atomic E-state index is 0.394. The summed E-state index contributed by atoms with van der Waals surface area (Å²) in [5.41, 5.74) is 2.20. The summed E-state index contributed by atoms with van der Waals surface area (Å²) in [7, 11) is 2.05. The van der Waals surface area contributed by atoms with Gasteiger partial charge < -0.3 is 5.41 Å². The van der Waals surface area contributed by atoms with Crippen LogP contribution in [0.5, 0.6) is 0 Å². The highest BCUT2D eigenvalue weighted by molar-refractivity contribution is 6.21. The zero-order valence-electron chi connectivity index (χ0n) is 7.22. The van der Waals surface area contributed by atoms with Crippen LogP contribution in [0.25, 0.3) is 0 Å². The second kappa shape index (κ2) is 3.56. The first-order valence-corrected chi connectivity index (χ1v) is 4.16. The highest BCUT2D eigenvalue weighted by atomic mass is 14.4. The number of hydrogen-bond acceptors (Lipinski definition) is 1. The van der Waals surface area contributed by atoms with E-state index < -0.39 is 0 Å². The van der Waals surface area contributed by atoms with Gasteiger partial charge in [0.2, 0.25) is 0 Å². The van der Waals surface area contributed by atoms with E-state index in [4.69, 9.17) is 5.41 Å². The largest absolute Gasteiger partial charge is 0.310 e. The van der Waals surface area contributed by atoms with Crippen molar-refractivity contribution >= 4 is 13.6 Å². The van der Waals surface area contributed by atoms with Gasteiger partial charge in [0.15, 0.2) is 0 Å². The Kier molecular flexibility index (Phi) is 2.69. The van der Waals surface area contributed by atoms with Crippen LogP contribution in [-0.2, 0) is 0 Å². The van der Waals surface area contributed by atoms with E-state index in [1.165, 1.54) is 5.57 Å². The zero-order valence-corrected chi connectivity index (χ0v) is 7.22. The van der Waals surface area contributed by atoms with Gasteiger partial charge in [-0.3, -0.25) is 0 Å². The molecule has 58 valence electrons. The lowest BCUT2D eigenvalue weighted by Gasteiger charge is -2.18. The predicted octanol–water partition coefficient (Wildman–Crippen LogP) is 1.58. The summed E-state index contributed by atoms with van der Waals surface area (Å²) in [6, 6.07) is 0. The van der Waals surface area contributed by atoms with Gasteiger partial charge in [0.25, 0.3) is 0 Å². The van der Waals surface area contributed by atoms with Crippen LogP contribution in [-0.4, -0.2) is 13.6 Å². The molecule has 0 aromatic rings. The van der Waals surface area contributed by atoms with E-state index in [9.17, 15) is 0 Å². The molecule has 0 saturated heterocycles. The van der Waals surface area contributed by atoms with Crippen molar-refractivity contribution in [1.29, 1.82) is 5.41 Å². The van der Waals surface area contributed by atoms with Gasteiger partial charge in [-0.1, -0.05) is 23.8 Å². The molecule has 11 heavy (non-hydrogen) atoms. The molecule has 1 nitrogen and oxygen atoms in total. The highest BCUT2D eigenvalue weighted by Crippen LogP contribution is 2.21. The van der Waals surface area contributed by atoms with Crippen LogP contribution in [0.2, 0.25) is 6.32 Å². The molecule has 1 unspecified atom stereocenters. The molecule has 0 saturated carbocycles. The van der Waals surface area contributed by atoms with Crippen molar-refractivity contribution in [3.8, 4) is 0 Å². The van der Waals surface area contributed by atoms with Crippen LogP contribution < -0.4 is 0 Å². The highest BCUT2D eigenvalue weighted by Gasteiger charge is 2.14. The van der Waals surface area contributed by atoms with Gasteiger partial charge >= 0.3 is 0 Å². The summed E-state index contributed by atoms with van der Waals surface area (Å²) >= 11 is 0. The minimum Gasteiger partial charge on any atom is -0.310 e. The van der Waals surface area contributed by atoms with Crippen molar-refractivity contribution < 1.29 is 0 Å². The fourth-order valence-electron chi connectivity index (χ4n) is 1.40. The Labute approximate surface area is 69.1 Å². The average molecular weight is 147 g/mol. The van der Waals surface area contributed by atoms with Crippen molar-refractivity contribution in [2.75, 3.05) is 0 Å². The smallest absolute Gasteiger partial charge is 0.108 e. The molecule has 1 atom stereocenters. The normalized spacial score (nSPS) is 23.0. The third-order valence-electron chi connectivity index (χ3n) is 2.22. The van der Waals surface area contributed by atoms with Crippen molar-refractivity contribution in [2.24, 2.45) is 5.92 Å². The van der Waals surface area contributed by atoms with Crippen LogP contribution in [0.3, 0.4) is 0 Å². The molecule has 0 bridgehead atoms. The molecule has 1 rings (SSSR count). The molecule has 0 aromatic carbocycles. The van der Waals surface area contributed by atoms with Gasteiger partial charge in [-0.15, -0.1) is 0 Å². The summed E-state index contributed by atoms with van der Waals surface area (Å²) in [4.78, 5) is 0. The van der Waals surface area contributed by atoms with Crippen LogP contribution >= 0.6 is 0 Å². The maximum absolute atomic E-state index is 7.69. The first kappa shape index (κ1) is 8.31. The lowest BCUT2D eigenvalue weighted by molar-refractivity contribution is 0.798. The summed E-state index contributed by atoms with van der Waals surface area (Å²) < 4.78 is 0. The SMILES string of the molecule is BCC(=N)C1CC=CC=C1C. The van der Waals surface area contributed by atoms with Gasteiger partial charge in [0.1, 0.15) is 7.85 Å². The van der Waals surface area contributed by atoms with Crippen molar-refractivity contribution in [3.63, 3.8) is 0 Å². The van der Waals surface area contributed by atoms with Crippen molar-refractivity contribution in [1.82, 2.24) is 0 Å². The van der Waals surface area contributed by atoms with Crippen LogP contribution in [0.4, 0.5) is 0 Å². The Morgan fingerprint density at radius 1 is 1.82 bits per heavy atom. The van der Waals surface area contributed by atoms with E-state index in [1.807, 2.05) is 7.85 Å². The van der Waals surface area contributed by atoms with Gasteiger partial charge in [0.05, 0.1) is 0 Å². The van der Waals surface area contributed by atoms with Crippen LogP contribution in [0.1, 0.15) is 13.3 Å². The Morgan fingerprint density at radius 2 is 2.55 bits per heavy atom. The Balaban J connectivity index is 2.68. The standard InChI is InChI=1S/C9H14BN/c1-7-4-2-3-5-8(7)9(11)6-10/h2-4,8,11H,5-6,10H2,1H3. The summed E-state index contributed by atoms with van der Waals surface area (Å²) in [6.07, 6.45) is 8.23. The second-order valence-corrected chi connectivity index (χ2v) is 3.01. The molecule has 0 heterocycles. The van der Waals surface area contributed by atoms with E-state index in [0.29, 0.717) is 5.92 Å². The number of rotatable bonds is 2. The lowest BCUT2D eigenvalue weighted by atomic mass is 9.83. The summed E-state index contributed by atoms with van der Waals surface area (Å²) in [5.74, 6) is 0.394. The molecule has 1 aliphatic carbocycles. The lowest BCUT2D eigenvalue weighted by Crippen LogP contribution is -2.15. The molecule has 1 N–H and O–H groups in total. The third-order valence-corrected chi connectivity index (χ3v) is 2.22. The Hall–Kier alpha value is -0.785. The van der Waals surface area contributed by atoms with Gasteiger partial charge in [-0.2, -0.15) is 0 Å². The summed E-state index contributed by atoms with van der Waals surface area (Å²) in [5, 5.41) is 7.69. The molecule has 1 aliphatic rings. The topological polar surface area (TPSA) is 23.9 Å². The second-order valence-electron chi connectivity index (χ2n) is 3.01. The van der Waals surface area contributed by atoms with E-state index in [1.54, 1.807) is 0 Å². The molecular weight excluding hydrogens is 133 g/mol. The fourth-order valence-corrected chi connectivity index (χ4v) is 1.40. The average Bonchev–Trinajstić information content (AvgIpc) is 2.04. The quantitative estimate of drug-likeness (QED) is 0.452. The van der Waals surface area contributed by atoms with E-state index in [-0.39, 0.29) is 0 Å². The van der Waals surface area contributed by atoms with Gasteiger partial charge in [0, 0.05) is 11.6 Å². The minimum absolute atomic E-state index is 0.394. The van der Waals surface area contributed by atoms with Gasteiger partial charge in [-0.25, -0.2) is 0 Å². The monoisotopic (exact) mass is 147 g/mol. The number of allylic oxidation sites excluding steroid dienone is 4. The summed E-state index contributed by atoms with van der Waals surface area (Å²) in [6.45, 7) is 2.11. The van der Waals surface area contributed by atoms with Crippen LogP contribution in [0.15, 0.2) is 23.8 Å². The fraction of sp³-hybridized carbons (Fsp3) is 0.444. The number of hydrogen-bond donors (Lipinski definition) is 1. The molecule has 0 spiro atoms. The van der Waals surface area contributed by atoms with E-state index in [2.05, 4.69) is 25.2 Å². The molecule has 0 radical (unpaired) electrons. The van der Waals surface area contributed by atoms with Crippen molar-refractivity contribution in [3.05, 3.63) is 23.8 Å². The number of nitrogens with one attached hydrogen (secondary N) is 1. The molecule has 0 aromatic heterocycles. The molecule has 0 amide bonds. The maximum Gasteiger partial charge on any atom is 0.108 e. The Bertz CT molecular complexity index is 216. The molecule has 2 heteroatoms. The first-order chi connectivity index (χ1) is 5.25. The predicted molar refractivity (Wildman–Crippen MR) is 52.1 cm³/mol.